The molecule has 6 heteroatoms. The van der Waals surface area contributed by atoms with Crippen LogP contribution in [0.2, 0.25) is 0 Å². The first-order chi connectivity index (χ1) is 20.0. The number of nitrogens with zero attached hydrogens (tertiary/aromatic N) is 2. The Morgan fingerprint density at radius 2 is 1.24 bits per heavy atom. The number of imidazole rings is 1. The van der Waals surface area contributed by atoms with Crippen molar-refractivity contribution in [2.75, 3.05) is 6.61 Å². The van der Waals surface area contributed by atoms with Crippen molar-refractivity contribution in [2.24, 2.45) is 5.92 Å². The van der Waals surface area contributed by atoms with Gasteiger partial charge in [-0.05, 0) is 59.6 Å². The predicted octanol–water partition coefficient (Wildman–Crippen LogP) is 8.06. The minimum absolute atomic E-state index is 0.271. The molecule has 0 bridgehead atoms. The van der Waals surface area contributed by atoms with Gasteiger partial charge in [0.1, 0.15) is 5.54 Å². The highest BCUT2D eigenvalue weighted by molar-refractivity contribution is 5.51. The molecule has 0 N–H and O–H groups in total. The largest absolute Gasteiger partial charge is 0.416 e. The summed E-state index contributed by atoms with van der Waals surface area (Å²) < 4.78 is 47.1. The average molecular weight is 553 g/mol. The molecule has 1 aliphatic rings. The first kappa shape index (κ1) is 27.0. The van der Waals surface area contributed by atoms with Gasteiger partial charge < -0.3 is 9.30 Å². The van der Waals surface area contributed by atoms with Crippen LogP contribution in [0, 0.1) is 5.92 Å². The molecule has 0 saturated heterocycles. The fourth-order valence-corrected chi connectivity index (χ4v) is 6.07. The van der Waals surface area contributed by atoms with Crippen molar-refractivity contribution in [1.29, 1.82) is 0 Å². The second kappa shape index (κ2) is 11.4. The first-order valence-electron chi connectivity index (χ1n) is 13.9. The molecule has 5 aromatic rings. The van der Waals surface area contributed by atoms with E-state index in [2.05, 4.69) is 77.4 Å². The third-order valence-electron chi connectivity index (χ3n) is 8.06. The zero-order valence-electron chi connectivity index (χ0n) is 22.6. The summed E-state index contributed by atoms with van der Waals surface area (Å²) in [6.45, 7) is 0.809. The molecule has 0 fully saturated rings. The van der Waals surface area contributed by atoms with Crippen molar-refractivity contribution >= 4 is 0 Å². The standard InChI is InChI=1S/C35H31F3N2O/c36-35(37,38)31-19-16-26(17-20-31)23-41-24-27-18-21-32-33(22-27)40(25-39-32)34(28-10-4-1-5-11-28,29-12-6-2-7-13-29)30-14-8-3-9-15-30/h1-17,19-20,25,27H,18,21-24H2. The van der Waals surface area contributed by atoms with Gasteiger partial charge in [0.25, 0.3) is 0 Å². The van der Waals surface area contributed by atoms with Crippen LogP contribution in [0.5, 0.6) is 0 Å². The summed E-state index contributed by atoms with van der Waals surface area (Å²) in [6, 6.07) is 36.9. The lowest BCUT2D eigenvalue weighted by Gasteiger charge is -2.39. The highest BCUT2D eigenvalue weighted by atomic mass is 19.4. The molecule has 1 aromatic heterocycles. The van der Waals surface area contributed by atoms with E-state index in [-0.39, 0.29) is 12.5 Å². The minimum Gasteiger partial charge on any atom is -0.376 e. The summed E-state index contributed by atoms with van der Waals surface area (Å²) in [5.41, 5.74) is 5.22. The van der Waals surface area contributed by atoms with Crippen molar-refractivity contribution in [1.82, 2.24) is 9.55 Å². The second-order valence-corrected chi connectivity index (χ2v) is 10.6. The minimum atomic E-state index is -4.34. The average Bonchev–Trinajstić information content (AvgIpc) is 3.43. The molecule has 0 radical (unpaired) electrons. The van der Waals surface area contributed by atoms with Crippen LogP contribution in [0.1, 0.15) is 45.6 Å². The predicted molar refractivity (Wildman–Crippen MR) is 153 cm³/mol. The number of ether oxygens (including phenoxy) is 1. The Labute approximate surface area is 238 Å². The maximum Gasteiger partial charge on any atom is 0.416 e. The number of rotatable bonds is 8. The number of alkyl halides is 3. The van der Waals surface area contributed by atoms with Crippen molar-refractivity contribution < 1.29 is 17.9 Å². The van der Waals surface area contributed by atoms with Gasteiger partial charge in [0.15, 0.2) is 0 Å². The molecule has 6 rings (SSSR count). The van der Waals surface area contributed by atoms with E-state index in [1.807, 2.05) is 24.5 Å². The number of halogens is 3. The molecule has 1 unspecified atom stereocenters. The lowest BCUT2D eigenvalue weighted by Crippen LogP contribution is -2.39. The monoisotopic (exact) mass is 552 g/mol. The van der Waals surface area contributed by atoms with E-state index in [0.29, 0.717) is 6.61 Å². The van der Waals surface area contributed by atoms with Crippen molar-refractivity contribution in [2.45, 2.75) is 37.6 Å². The van der Waals surface area contributed by atoms with Crippen molar-refractivity contribution in [3.05, 3.63) is 161 Å². The Balaban J connectivity index is 1.32. The molecule has 1 aliphatic carbocycles. The quantitative estimate of drug-likeness (QED) is 0.182. The van der Waals surface area contributed by atoms with E-state index in [9.17, 15) is 13.2 Å². The molecule has 41 heavy (non-hydrogen) atoms. The molecule has 0 spiro atoms. The zero-order chi connectivity index (χ0) is 28.3. The summed E-state index contributed by atoms with van der Waals surface area (Å²) >= 11 is 0. The number of aromatic nitrogens is 2. The molecule has 1 atom stereocenters. The Morgan fingerprint density at radius 3 is 1.76 bits per heavy atom. The third-order valence-corrected chi connectivity index (χ3v) is 8.06. The fraction of sp³-hybridized carbons (Fsp3) is 0.229. The maximum atomic E-state index is 12.9. The number of hydrogen-bond acceptors (Lipinski definition) is 2. The van der Waals surface area contributed by atoms with E-state index in [0.717, 1.165) is 59.3 Å². The molecule has 4 aromatic carbocycles. The zero-order valence-corrected chi connectivity index (χ0v) is 22.6. The van der Waals surface area contributed by atoms with Gasteiger partial charge >= 0.3 is 6.18 Å². The van der Waals surface area contributed by atoms with Gasteiger partial charge in [-0.1, -0.05) is 103 Å². The first-order valence-corrected chi connectivity index (χ1v) is 13.9. The van der Waals surface area contributed by atoms with Crippen LogP contribution < -0.4 is 0 Å². The molecule has 208 valence electrons. The van der Waals surface area contributed by atoms with E-state index in [1.54, 1.807) is 0 Å². The van der Waals surface area contributed by atoms with Crippen LogP contribution in [0.25, 0.3) is 0 Å². The molecule has 1 heterocycles. The van der Waals surface area contributed by atoms with Crippen LogP contribution in [0.4, 0.5) is 13.2 Å². The molecular formula is C35H31F3N2O. The summed E-state index contributed by atoms with van der Waals surface area (Å²) in [4.78, 5) is 4.92. The Morgan fingerprint density at radius 1 is 0.707 bits per heavy atom. The molecule has 0 aliphatic heterocycles. The smallest absolute Gasteiger partial charge is 0.376 e. The highest BCUT2D eigenvalue weighted by Gasteiger charge is 2.41. The normalized spacial score (nSPS) is 15.4. The second-order valence-electron chi connectivity index (χ2n) is 10.6. The van der Waals surface area contributed by atoms with E-state index < -0.39 is 17.3 Å². The van der Waals surface area contributed by atoms with Gasteiger partial charge in [-0.2, -0.15) is 13.2 Å². The van der Waals surface area contributed by atoms with E-state index in [4.69, 9.17) is 9.72 Å². The Hall–Kier alpha value is -4.16. The molecule has 0 amide bonds. The van der Waals surface area contributed by atoms with Crippen molar-refractivity contribution in [3.63, 3.8) is 0 Å². The van der Waals surface area contributed by atoms with Gasteiger partial charge in [-0.25, -0.2) is 4.98 Å². The highest BCUT2D eigenvalue weighted by Crippen LogP contribution is 2.43. The third kappa shape index (κ3) is 5.32. The van der Waals surface area contributed by atoms with Gasteiger partial charge in [0.2, 0.25) is 0 Å². The van der Waals surface area contributed by atoms with Gasteiger partial charge in [0.05, 0.1) is 30.8 Å². The molecule has 3 nitrogen and oxygen atoms in total. The number of aryl methyl sites for hydroxylation is 1. The Kier molecular flexibility index (Phi) is 7.50. The molecular weight excluding hydrogens is 521 g/mol. The maximum absolute atomic E-state index is 12.9. The van der Waals surface area contributed by atoms with Crippen LogP contribution in [-0.4, -0.2) is 16.2 Å². The van der Waals surface area contributed by atoms with Crippen molar-refractivity contribution in [3.8, 4) is 0 Å². The van der Waals surface area contributed by atoms with E-state index in [1.165, 1.54) is 17.8 Å². The fourth-order valence-electron chi connectivity index (χ4n) is 6.07. The summed E-state index contributed by atoms with van der Waals surface area (Å²) in [7, 11) is 0. The number of fused-ring (bicyclic) bond motifs is 1. The van der Waals surface area contributed by atoms with Gasteiger partial charge in [-0.15, -0.1) is 0 Å². The Bertz CT molecular complexity index is 1470. The van der Waals surface area contributed by atoms with E-state index >= 15 is 0 Å². The summed E-state index contributed by atoms with van der Waals surface area (Å²) in [6.07, 6.45) is 0.257. The topological polar surface area (TPSA) is 27.1 Å². The van der Waals surface area contributed by atoms with Crippen LogP contribution in [-0.2, 0) is 35.9 Å². The van der Waals surface area contributed by atoms with Crippen LogP contribution >= 0.6 is 0 Å². The molecule has 0 saturated carbocycles. The van der Waals surface area contributed by atoms with Gasteiger partial charge in [-0.3, -0.25) is 0 Å². The van der Waals surface area contributed by atoms with Crippen LogP contribution in [0.3, 0.4) is 0 Å². The lowest BCUT2D eigenvalue weighted by atomic mass is 9.76. The van der Waals surface area contributed by atoms with Gasteiger partial charge in [0, 0.05) is 5.69 Å². The SMILES string of the molecule is FC(F)(F)c1ccc(COCC2CCc3ncn(C(c4ccccc4)(c4ccccc4)c4ccccc4)c3C2)cc1. The number of benzene rings is 4. The number of hydrogen-bond donors (Lipinski definition) is 0. The summed E-state index contributed by atoms with van der Waals surface area (Å²) in [5.74, 6) is 0.271. The van der Waals surface area contributed by atoms with Crippen LogP contribution in [0.15, 0.2) is 122 Å². The summed E-state index contributed by atoms with van der Waals surface area (Å²) in [5, 5.41) is 0. The lowest BCUT2D eigenvalue weighted by molar-refractivity contribution is -0.137.